The molecular formula is C20H26NO+. The highest BCUT2D eigenvalue weighted by Crippen LogP contribution is 2.29. The second-order valence-corrected chi connectivity index (χ2v) is 6.39. The molecule has 116 valence electrons. The molecule has 0 unspecified atom stereocenters. The Kier molecular flexibility index (Phi) is 5.12. The van der Waals surface area contributed by atoms with E-state index in [1.807, 2.05) is 6.07 Å². The maximum atomic E-state index is 6.10. The Morgan fingerprint density at radius 3 is 2.41 bits per heavy atom. The van der Waals surface area contributed by atoms with Crippen LogP contribution < -0.4 is 9.64 Å². The number of para-hydroxylation sites is 1. The summed E-state index contributed by atoms with van der Waals surface area (Å²) in [6.45, 7) is 6.86. The van der Waals surface area contributed by atoms with Gasteiger partial charge in [-0.1, -0.05) is 55.5 Å². The minimum absolute atomic E-state index is 0.799. The fraction of sp³-hybridized carbons (Fsp3) is 0.400. The summed E-state index contributed by atoms with van der Waals surface area (Å²) in [5, 5.41) is 0. The zero-order valence-corrected chi connectivity index (χ0v) is 13.4. The number of rotatable bonds is 5. The third-order valence-electron chi connectivity index (χ3n) is 4.67. The molecule has 22 heavy (non-hydrogen) atoms. The summed E-state index contributed by atoms with van der Waals surface area (Å²) < 4.78 is 6.10. The largest absolute Gasteiger partial charge is 0.487 e. The molecule has 1 saturated heterocycles. The van der Waals surface area contributed by atoms with Crippen molar-refractivity contribution in [2.75, 3.05) is 26.2 Å². The van der Waals surface area contributed by atoms with Crippen molar-refractivity contribution in [3.63, 3.8) is 0 Å². The third kappa shape index (κ3) is 3.89. The number of benzene rings is 2. The van der Waals surface area contributed by atoms with Gasteiger partial charge in [0.2, 0.25) is 0 Å². The van der Waals surface area contributed by atoms with Crippen LogP contribution in [-0.4, -0.2) is 26.2 Å². The summed E-state index contributed by atoms with van der Waals surface area (Å²) in [5.41, 5.74) is 2.41. The standard InChI is InChI=1S/C20H25NO/c1-17-11-13-21(14-12-17)15-16-22-20-10-6-5-9-19(20)18-7-3-2-4-8-18/h2-10,17H,11-16H2,1H3/p+1. The van der Waals surface area contributed by atoms with Gasteiger partial charge >= 0.3 is 0 Å². The van der Waals surface area contributed by atoms with E-state index in [1.165, 1.54) is 37.1 Å². The van der Waals surface area contributed by atoms with Crippen molar-refractivity contribution in [1.29, 1.82) is 0 Å². The summed E-state index contributed by atoms with van der Waals surface area (Å²) in [7, 11) is 0. The summed E-state index contributed by atoms with van der Waals surface area (Å²) in [4.78, 5) is 1.69. The van der Waals surface area contributed by atoms with Crippen molar-refractivity contribution < 1.29 is 9.64 Å². The monoisotopic (exact) mass is 296 g/mol. The molecule has 0 saturated carbocycles. The van der Waals surface area contributed by atoms with Gasteiger partial charge in [0.15, 0.2) is 0 Å². The van der Waals surface area contributed by atoms with Crippen molar-refractivity contribution in [3.8, 4) is 16.9 Å². The fourth-order valence-electron chi connectivity index (χ4n) is 3.17. The van der Waals surface area contributed by atoms with Gasteiger partial charge in [-0.2, -0.15) is 0 Å². The highest BCUT2D eigenvalue weighted by Gasteiger charge is 2.18. The Hall–Kier alpha value is -1.80. The van der Waals surface area contributed by atoms with Gasteiger partial charge in [-0.3, -0.25) is 0 Å². The SMILES string of the molecule is CC1CC[NH+](CCOc2ccccc2-c2ccccc2)CC1. The molecular weight excluding hydrogens is 270 g/mol. The molecule has 0 amide bonds. The molecule has 3 rings (SSSR count). The van der Waals surface area contributed by atoms with Crippen molar-refractivity contribution >= 4 is 0 Å². The van der Waals surface area contributed by atoms with E-state index in [0.29, 0.717) is 0 Å². The van der Waals surface area contributed by atoms with Crippen LogP contribution in [0.5, 0.6) is 5.75 Å². The maximum absolute atomic E-state index is 6.10. The van der Waals surface area contributed by atoms with Crippen LogP contribution in [0.25, 0.3) is 11.1 Å². The number of hydrogen-bond acceptors (Lipinski definition) is 1. The molecule has 2 aromatic rings. The summed E-state index contributed by atoms with van der Waals surface area (Å²) >= 11 is 0. The van der Waals surface area contributed by atoms with Crippen LogP contribution >= 0.6 is 0 Å². The first-order valence-electron chi connectivity index (χ1n) is 8.44. The summed E-state index contributed by atoms with van der Waals surface area (Å²) in [5.74, 6) is 1.90. The van der Waals surface area contributed by atoms with Crippen LogP contribution in [0.1, 0.15) is 19.8 Å². The quantitative estimate of drug-likeness (QED) is 0.895. The molecule has 0 aliphatic carbocycles. The van der Waals surface area contributed by atoms with Crippen LogP contribution in [-0.2, 0) is 0 Å². The van der Waals surface area contributed by atoms with Gasteiger partial charge < -0.3 is 9.64 Å². The molecule has 2 heteroatoms. The van der Waals surface area contributed by atoms with E-state index in [2.05, 4.69) is 55.5 Å². The molecule has 1 aliphatic heterocycles. The molecule has 1 fully saturated rings. The minimum atomic E-state index is 0.799. The molecule has 1 heterocycles. The van der Waals surface area contributed by atoms with E-state index in [4.69, 9.17) is 4.74 Å². The van der Waals surface area contributed by atoms with Crippen molar-refractivity contribution in [3.05, 3.63) is 54.6 Å². The topological polar surface area (TPSA) is 13.7 Å². The third-order valence-corrected chi connectivity index (χ3v) is 4.67. The second kappa shape index (κ2) is 7.46. The predicted molar refractivity (Wildman–Crippen MR) is 91.3 cm³/mol. The number of hydrogen-bond donors (Lipinski definition) is 1. The van der Waals surface area contributed by atoms with E-state index < -0.39 is 0 Å². The number of quaternary nitrogens is 1. The van der Waals surface area contributed by atoms with Crippen molar-refractivity contribution in [1.82, 2.24) is 0 Å². The smallest absolute Gasteiger partial charge is 0.137 e. The molecule has 2 nitrogen and oxygen atoms in total. The Labute approximate surface area is 133 Å². The Balaban J connectivity index is 1.59. The summed E-state index contributed by atoms with van der Waals surface area (Å²) in [6, 6.07) is 18.8. The van der Waals surface area contributed by atoms with E-state index in [9.17, 15) is 0 Å². The number of likely N-dealkylation sites (tertiary alicyclic amines) is 1. The highest BCUT2D eigenvalue weighted by molar-refractivity contribution is 5.70. The first-order valence-corrected chi connectivity index (χ1v) is 8.44. The van der Waals surface area contributed by atoms with E-state index in [-0.39, 0.29) is 0 Å². The average molecular weight is 296 g/mol. The van der Waals surface area contributed by atoms with Crippen molar-refractivity contribution in [2.24, 2.45) is 5.92 Å². The number of piperidine rings is 1. The minimum Gasteiger partial charge on any atom is -0.487 e. The van der Waals surface area contributed by atoms with Gasteiger partial charge in [-0.05, 0) is 30.4 Å². The van der Waals surface area contributed by atoms with Gasteiger partial charge in [0.25, 0.3) is 0 Å². The Morgan fingerprint density at radius 2 is 1.64 bits per heavy atom. The molecule has 0 radical (unpaired) electrons. The normalized spacial score (nSPS) is 21.5. The second-order valence-electron chi connectivity index (χ2n) is 6.39. The predicted octanol–water partition coefficient (Wildman–Crippen LogP) is 3.05. The van der Waals surface area contributed by atoms with Crippen LogP contribution in [0.3, 0.4) is 0 Å². The van der Waals surface area contributed by atoms with Crippen LogP contribution in [0, 0.1) is 5.92 Å². The van der Waals surface area contributed by atoms with Gasteiger partial charge in [0.1, 0.15) is 18.9 Å². The van der Waals surface area contributed by atoms with Gasteiger partial charge in [0.05, 0.1) is 13.1 Å². The van der Waals surface area contributed by atoms with Crippen LogP contribution in [0.4, 0.5) is 0 Å². The zero-order valence-electron chi connectivity index (χ0n) is 13.4. The van der Waals surface area contributed by atoms with Crippen LogP contribution in [0.2, 0.25) is 0 Å². The van der Waals surface area contributed by atoms with Crippen molar-refractivity contribution in [2.45, 2.75) is 19.8 Å². The number of ether oxygens (including phenoxy) is 1. The average Bonchev–Trinajstić information content (AvgIpc) is 2.58. The van der Waals surface area contributed by atoms with Gasteiger partial charge in [-0.25, -0.2) is 0 Å². The van der Waals surface area contributed by atoms with Gasteiger partial charge in [-0.15, -0.1) is 0 Å². The number of nitrogens with one attached hydrogen (secondary N) is 1. The zero-order chi connectivity index (χ0) is 15.2. The molecule has 0 spiro atoms. The van der Waals surface area contributed by atoms with E-state index in [1.54, 1.807) is 4.90 Å². The molecule has 0 aromatic heterocycles. The Morgan fingerprint density at radius 1 is 0.955 bits per heavy atom. The lowest BCUT2D eigenvalue weighted by molar-refractivity contribution is -0.906. The molecule has 1 aliphatic rings. The summed E-state index contributed by atoms with van der Waals surface area (Å²) in [6.07, 6.45) is 2.71. The fourth-order valence-corrected chi connectivity index (χ4v) is 3.17. The molecule has 1 N–H and O–H groups in total. The van der Waals surface area contributed by atoms with Crippen LogP contribution in [0.15, 0.2) is 54.6 Å². The first-order chi connectivity index (χ1) is 10.8. The van der Waals surface area contributed by atoms with E-state index >= 15 is 0 Å². The Bertz CT molecular complexity index is 573. The molecule has 0 atom stereocenters. The maximum Gasteiger partial charge on any atom is 0.137 e. The first kappa shape index (κ1) is 15.1. The lowest BCUT2D eigenvalue weighted by Crippen LogP contribution is -3.13. The highest BCUT2D eigenvalue weighted by atomic mass is 16.5. The lowest BCUT2D eigenvalue weighted by Gasteiger charge is -2.27. The van der Waals surface area contributed by atoms with E-state index in [0.717, 1.165) is 24.8 Å². The van der Waals surface area contributed by atoms with Gasteiger partial charge in [0, 0.05) is 5.56 Å². The molecule has 2 aromatic carbocycles. The molecule has 0 bridgehead atoms. The lowest BCUT2D eigenvalue weighted by atomic mass is 9.99.